The minimum atomic E-state index is -0.216. The number of ether oxygens (including phenoxy) is 1. The number of anilines is 2. The fourth-order valence-electron chi connectivity index (χ4n) is 1.83. The van der Waals surface area contributed by atoms with E-state index in [9.17, 15) is 4.79 Å². The lowest BCUT2D eigenvalue weighted by atomic mass is 10.3. The summed E-state index contributed by atoms with van der Waals surface area (Å²) in [5.74, 6) is 0.924. The minimum absolute atomic E-state index is 0.216. The first-order valence-corrected chi connectivity index (χ1v) is 7.25. The van der Waals surface area contributed by atoms with E-state index in [4.69, 9.17) is 4.74 Å². The van der Waals surface area contributed by atoms with Gasteiger partial charge in [-0.3, -0.25) is 4.79 Å². The van der Waals surface area contributed by atoms with Crippen LogP contribution in [0, 0.1) is 0 Å². The van der Waals surface area contributed by atoms with Crippen molar-refractivity contribution in [2.45, 2.75) is 0 Å². The predicted molar refractivity (Wildman–Crippen MR) is 89.2 cm³/mol. The van der Waals surface area contributed by atoms with Crippen molar-refractivity contribution < 1.29 is 9.53 Å². The molecule has 23 heavy (non-hydrogen) atoms. The highest BCUT2D eigenvalue weighted by Crippen LogP contribution is 2.17. The summed E-state index contributed by atoms with van der Waals surface area (Å²) < 4.78 is 5.11. The molecule has 0 saturated heterocycles. The van der Waals surface area contributed by atoms with Crippen molar-refractivity contribution in [3.05, 3.63) is 42.2 Å². The number of hydrogen-bond acceptors (Lipinski definition) is 6. The number of aromatic nitrogens is 2. The second kappa shape index (κ2) is 8.09. The number of rotatable bonds is 7. The molecule has 0 atom stereocenters. The second-order valence-electron chi connectivity index (χ2n) is 5.18. The highest BCUT2D eigenvalue weighted by Gasteiger charge is 2.08. The van der Waals surface area contributed by atoms with E-state index < -0.39 is 0 Å². The number of amides is 1. The van der Waals surface area contributed by atoms with E-state index in [-0.39, 0.29) is 5.91 Å². The maximum Gasteiger partial charge on any atom is 0.270 e. The standard InChI is InChI=1S/C16H21N5O2/c1-21(2)11-10-17-15(22)14-8-9-18-16(20-14)19-12-4-6-13(23-3)7-5-12/h4-9H,10-11H2,1-3H3,(H,17,22)(H,18,19,20). The van der Waals surface area contributed by atoms with Gasteiger partial charge < -0.3 is 20.3 Å². The zero-order valence-electron chi connectivity index (χ0n) is 13.5. The fourth-order valence-corrected chi connectivity index (χ4v) is 1.83. The highest BCUT2D eigenvalue weighted by atomic mass is 16.5. The zero-order chi connectivity index (χ0) is 16.7. The van der Waals surface area contributed by atoms with Crippen LogP contribution in [0.4, 0.5) is 11.6 Å². The van der Waals surface area contributed by atoms with Crippen molar-refractivity contribution in [2.75, 3.05) is 39.6 Å². The van der Waals surface area contributed by atoms with Gasteiger partial charge in [0.2, 0.25) is 5.95 Å². The molecule has 1 aromatic heterocycles. The SMILES string of the molecule is COc1ccc(Nc2nccc(C(=O)NCCN(C)C)n2)cc1. The Bertz CT molecular complexity index is 643. The summed E-state index contributed by atoms with van der Waals surface area (Å²) in [6.45, 7) is 1.34. The zero-order valence-corrected chi connectivity index (χ0v) is 13.5. The molecule has 0 aliphatic heterocycles. The van der Waals surface area contributed by atoms with Gasteiger partial charge in [-0.05, 0) is 44.4 Å². The Morgan fingerprint density at radius 2 is 1.96 bits per heavy atom. The topological polar surface area (TPSA) is 79.4 Å². The van der Waals surface area contributed by atoms with Gasteiger partial charge in [-0.2, -0.15) is 0 Å². The minimum Gasteiger partial charge on any atom is -0.497 e. The van der Waals surface area contributed by atoms with Crippen molar-refractivity contribution in [1.82, 2.24) is 20.2 Å². The molecular weight excluding hydrogens is 294 g/mol. The Balaban J connectivity index is 1.99. The molecule has 0 unspecified atom stereocenters. The molecule has 1 aromatic carbocycles. The maximum atomic E-state index is 12.1. The number of nitrogens with one attached hydrogen (secondary N) is 2. The van der Waals surface area contributed by atoms with E-state index in [1.807, 2.05) is 43.3 Å². The Labute approximate surface area is 135 Å². The van der Waals surface area contributed by atoms with Crippen LogP contribution in [0.1, 0.15) is 10.5 Å². The molecule has 1 amide bonds. The predicted octanol–water partition coefficient (Wildman–Crippen LogP) is 1.52. The van der Waals surface area contributed by atoms with Crippen LogP contribution in [0.25, 0.3) is 0 Å². The number of carbonyl (C=O) groups excluding carboxylic acids is 1. The first-order chi connectivity index (χ1) is 11.1. The van der Waals surface area contributed by atoms with E-state index >= 15 is 0 Å². The molecule has 2 rings (SSSR count). The molecule has 2 N–H and O–H groups in total. The monoisotopic (exact) mass is 315 g/mol. The van der Waals surface area contributed by atoms with Crippen molar-refractivity contribution in [1.29, 1.82) is 0 Å². The fraction of sp³-hybridized carbons (Fsp3) is 0.312. The average Bonchev–Trinajstić information content (AvgIpc) is 2.55. The van der Waals surface area contributed by atoms with Gasteiger partial charge in [0, 0.05) is 25.0 Å². The van der Waals surface area contributed by atoms with E-state index in [1.165, 1.54) is 0 Å². The first kappa shape index (κ1) is 16.7. The normalized spacial score (nSPS) is 10.4. The number of likely N-dealkylation sites (N-methyl/N-ethyl adjacent to an activating group) is 1. The van der Waals surface area contributed by atoms with Crippen LogP contribution in [-0.2, 0) is 0 Å². The van der Waals surface area contributed by atoms with Crippen LogP contribution >= 0.6 is 0 Å². The summed E-state index contributed by atoms with van der Waals surface area (Å²) in [6, 6.07) is 8.96. The summed E-state index contributed by atoms with van der Waals surface area (Å²) in [7, 11) is 5.52. The molecule has 122 valence electrons. The van der Waals surface area contributed by atoms with Crippen LogP contribution in [0.15, 0.2) is 36.5 Å². The lowest BCUT2D eigenvalue weighted by Gasteiger charge is -2.10. The first-order valence-electron chi connectivity index (χ1n) is 7.25. The number of nitrogens with zero attached hydrogens (tertiary/aromatic N) is 3. The van der Waals surface area contributed by atoms with Crippen LogP contribution in [0.3, 0.4) is 0 Å². The average molecular weight is 315 g/mol. The van der Waals surface area contributed by atoms with Crippen molar-refractivity contribution in [2.24, 2.45) is 0 Å². The highest BCUT2D eigenvalue weighted by molar-refractivity contribution is 5.92. The van der Waals surface area contributed by atoms with E-state index in [0.29, 0.717) is 18.2 Å². The lowest BCUT2D eigenvalue weighted by Crippen LogP contribution is -2.31. The quantitative estimate of drug-likeness (QED) is 0.806. The molecular formula is C16H21N5O2. The third-order valence-corrected chi connectivity index (χ3v) is 3.08. The second-order valence-corrected chi connectivity index (χ2v) is 5.18. The van der Waals surface area contributed by atoms with Crippen molar-refractivity contribution in [3.63, 3.8) is 0 Å². The summed E-state index contributed by atoms with van der Waals surface area (Å²) in [6.07, 6.45) is 1.56. The molecule has 0 bridgehead atoms. The Kier molecular flexibility index (Phi) is 5.87. The van der Waals surface area contributed by atoms with Gasteiger partial charge in [-0.15, -0.1) is 0 Å². The Hall–Kier alpha value is -2.67. The van der Waals surface area contributed by atoms with Crippen LogP contribution in [-0.4, -0.2) is 55.1 Å². The van der Waals surface area contributed by atoms with E-state index in [1.54, 1.807) is 19.4 Å². The summed E-state index contributed by atoms with van der Waals surface area (Å²) in [5, 5.41) is 5.88. The smallest absolute Gasteiger partial charge is 0.270 e. The van der Waals surface area contributed by atoms with Gasteiger partial charge in [0.05, 0.1) is 7.11 Å². The third-order valence-electron chi connectivity index (χ3n) is 3.08. The largest absolute Gasteiger partial charge is 0.497 e. The molecule has 0 aliphatic rings. The van der Waals surface area contributed by atoms with Gasteiger partial charge in [0.1, 0.15) is 11.4 Å². The molecule has 0 aliphatic carbocycles. The van der Waals surface area contributed by atoms with Crippen molar-refractivity contribution >= 4 is 17.5 Å². The summed E-state index contributed by atoms with van der Waals surface area (Å²) in [4.78, 5) is 22.4. The Morgan fingerprint density at radius 3 is 2.61 bits per heavy atom. The molecule has 0 saturated carbocycles. The molecule has 7 nitrogen and oxygen atoms in total. The number of hydrogen-bond donors (Lipinski definition) is 2. The molecule has 7 heteroatoms. The van der Waals surface area contributed by atoms with Crippen LogP contribution < -0.4 is 15.4 Å². The lowest BCUT2D eigenvalue weighted by molar-refractivity contribution is 0.0946. The molecule has 1 heterocycles. The molecule has 0 spiro atoms. The van der Waals surface area contributed by atoms with Crippen LogP contribution in [0.5, 0.6) is 5.75 Å². The summed E-state index contributed by atoms with van der Waals surface area (Å²) in [5.41, 5.74) is 1.14. The number of benzene rings is 1. The van der Waals surface area contributed by atoms with Crippen LogP contribution in [0.2, 0.25) is 0 Å². The van der Waals surface area contributed by atoms with E-state index in [0.717, 1.165) is 18.0 Å². The van der Waals surface area contributed by atoms with E-state index in [2.05, 4.69) is 20.6 Å². The van der Waals surface area contributed by atoms with Crippen molar-refractivity contribution in [3.8, 4) is 5.75 Å². The molecule has 0 radical (unpaired) electrons. The van der Waals surface area contributed by atoms with Gasteiger partial charge in [-0.1, -0.05) is 0 Å². The number of methoxy groups -OCH3 is 1. The molecule has 2 aromatic rings. The Morgan fingerprint density at radius 1 is 1.22 bits per heavy atom. The van der Waals surface area contributed by atoms with Gasteiger partial charge in [0.15, 0.2) is 0 Å². The third kappa shape index (κ3) is 5.23. The number of carbonyl (C=O) groups is 1. The van der Waals surface area contributed by atoms with Gasteiger partial charge in [0.25, 0.3) is 5.91 Å². The maximum absolute atomic E-state index is 12.1. The molecule has 0 fully saturated rings. The summed E-state index contributed by atoms with van der Waals surface area (Å²) >= 11 is 0. The van der Waals surface area contributed by atoms with Gasteiger partial charge in [-0.25, -0.2) is 9.97 Å². The van der Waals surface area contributed by atoms with Gasteiger partial charge >= 0.3 is 0 Å².